The average Bonchev–Trinajstić information content (AvgIpc) is 3.16. The molecule has 22 heavy (non-hydrogen) atoms. The normalized spacial score (nSPS) is 17.7. The molecule has 1 amide bonds. The van der Waals surface area contributed by atoms with E-state index in [0.717, 1.165) is 36.3 Å². The molecule has 5 nitrogen and oxygen atoms in total. The lowest BCUT2D eigenvalue weighted by Crippen LogP contribution is -2.31. The summed E-state index contributed by atoms with van der Waals surface area (Å²) in [4.78, 5) is 14.6. The van der Waals surface area contributed by atoms with Crippen LogP contribution in [0.1, 0.15) is 30.0 Å². The molecular weight excluding hydrogens is 278 g/mol. The van der Waals surface area contributed by atoms with Crippen molar-refractivity contribution in [2.24, 2.45) is 7.05 Å². The molecule has 1 aromatic heterocycles. The number of ether oxygens (including phenoxy) is 1. The number of aryl methyl sites for hydroxylation is 1. The van der Waals surface area contributed by atoms with E-state index in [0.29, 0.717) is 6.42 Å². The van der Waals surface area contributed by atoms with E-state index in [1.165, 1.54) is 0 Å². The highest BCUT2D eigenvalue weighted by Gasteiger charge is 2.30. The van der Waals surface area contributed by atoms with Crippen LogP contribution in [0.15, 0.2) is 36.7 Å². The van der Waals surface area contributed by atoms with Gasteiger partial charge in [0.05, 0.1) is 25.8 Å². The lowest BCUT2D eigenvalue weighted by atomic mass is 10.1. The largest absolute Gasteiger partial charge is 0.497 e. The van der Waals surface area contributed by atoms with E-state index < -0.39 is 0 Å². The zero-order valence-corrected chi connectivity index (χ0v) is 13.0. The number of amides is 1. The molecule has 1 fully saturated rings. The Kier molecular flexibility index (Phi) is 4.13. The maximum absolute atomic E-state index is 12.6. The number of hydrogen-bond acceptors (Lipinski definition) is 3. The van der Waals surface area contributed by atoms with Gasteiger partial charge in [0.2, 0.25) is 5.91 Å². The third-order valence-electron chi connectivity index (χ3n) is 4.20. The fourth-order valence-corrected chi connectivity index (χ4v) is 3.04. The van der Waals surface area contributed by atoms with Crippen molar-refractivity contribution in [3.05, 3.63) is 47.8 Å². The summed E-state index contributed by atoms with van der Waals surface area (Å²) in [6.07, 6.45) is 6.36. The van der Waals surface area contributed by atoms with Crippen LogP contribution in [0.5, 0.6) is 5.75 Å². The van der Waals surface area contributed by atoms with Gasteiger partial charge in [0.1, 0.15) is 5.75 Å². The van der Waals surface area contributed by atoms with Gasteiger partial charge >= 0.3 is 0 Å². The third-order valence-corrected chi connectivity index (χ3v) is 4.20. The second kappa shape index (κ2) is 6.22. The average molecular weight is 299 g/mol. The van der Waals surface area contributed by atoms with E-state index >= 15 is 0 Å². The van der Waals surface area contributed by atoms with Gasteiger partial charge in [-0.05, 0) is 30.5 Å². The first kappa shape index (κ1) is 14.6. The van der Waals surface area contributed by atoms with Gasteiger partial charge in [-0.15, -0.1) is 0 Å². The zero-order valence-electron chi connectivity index (χ0n) is 13.0. The lowest BCUT2D eigenvalue weighted by Gasteiger charge is -2.24. The molecule has 1 atom stereocenters. The molecule has 3 rings (SSSR count). The van der Waals surface area contributed by atoms with Gasteiger partial charge in [0.15, 0.2) is 0 Å². The molecule has 1 saturated heterocycles. The highest BCUT2D eigenvalue weighted by Crippen LogP contribution is 2.32. The number of nitrogens with zero attached hydrogens (tertiary/aromatic N) is 3. The summed E-state index contributed by atoms with van der Waals surface area (Å²) >= 11 is 0. The van der Waals surface area contributed by atoms with Gasteiger partial charge in [0, 0.05) is 25.4 Å². The quantitative estimate of drug-likeness (QED) is 0.870. The highest BCUT2D eigenvalue weighted by molar-refractivity contribution is 5.79. The Morgan fingerprint density at radius 2 is 2.14 bits per heavy atom. The molecule has 2 aromatic rings. The molecule has 0 aliphatic carbocycles. The number of methoxy groups -OCH3 is 1. The maximum Gasteiger partial charge on any atom is 0.227 e. The van der Waals surface area contributed by atoms with E-state index in [1.54, 1.807) is 11.8 Å². The summed E-state index contributed by atoms with van der Waals surface area (Å²) in [5.74, 6) is 0.988. The molecule has 1 aromatic carbocycles. The molecule has 116 valence electrons. The minimum Gasteiger partial charge on any atom is -0.497 e. The number of likely N-dealkylation sites (tertiary alicyclic amines) is 1. The van der Waals surface area contributed by atoms with Crippen LogP contribution in [0.3, 0.4) is 0 Å². The molecular formula is C17H21N3O2. The number of carbonyl (C=O) groups is 1. The van der Waals surface area contributed by atoms with Crippen molar-refractivity contribution in [2.75, 3.05) is 13.7 Å². The van der Waals surface area contributed by atoms with Gasteiger partial charge in [-0.3, -0.25) is 9.48 Å². The Morgan fingerprint density at radius 3 is 2.77 bits per heavy atom. The van der Waals surface area contributed by atoms with Crippen LogP contribution >= 0.6 is 0 Å². The molecule has 1 aliphatic heterocycles. The Bertz CT molecular complexity index is 648. The van der Waals surface area contributed by atoms with E-state index in [4.69, 9.17) is 4.74 Å². The number of aromatic nitrogens is 2. The topological polar surface area (TPSA) is 47.4 Å². The standard InChI is InChI=1S/C17H21N3O2/c1-19-12-14(11-18-19)16-4-3-9-20(16)17(21)10-13-5-7-15(22-2)8-6-13/h5-8,11-12,16H,3-4,9-10H2,1-2H3/t16-/m1/s1. The number of hydrogen-bond donors (Lipinski definition) is 0. The fourth-order valence-electron chi connectivity index (χ4n) is 3.04. The van der Waals surface area contributed by atoms with Gasteiger partial charge in [-0.2, -0.15) is 5.10 Å². The van der Waals surface area contributed by atoms with Crippen LogP contribution in [-0.2, 0) is 18.3 Å². The third kappa shape index (κ3) is 2.98. The molecule has 0 N–H and O–H groups in total. The molecule has 0 bridgehead atoms. The summed E-state index contributed by atoms with van der Waals surface area (Å²) in [6, 6.07) is 7.85. The van der Waals surface area contributed by atoms with Crippen molar-refractivity contribution in [3.63, 3.8) is 0 Å². The smallest absolute Gasteiger partial charge is 0.227 e. The Labute approximate surface area is 130 Å². The zero-order chi connectivity index (χ0) is 15.5. The van der Waals surface area contributed by atoms with Crippen LogP contribution in [0.25, 0.3) is 0 Å². The van der Waals surface area contributed by atoms with Gasteiger partial charge in [-0.25, -0.2) is 0 Å². The van der Waals surface area contributed by atoms with Crippen LogP contribution < -0.4 is 4.74 Å². The Morgan fingerprint density at radius 1 is 1.36 bits per heavy atom. The lowest BCUT2D eigenvalue weighted by molar-refractivity contribution is -0.131. The summed E-state index contributed by atoms with van der Waals surface area (Å²) in [7, 11) is 3.55. The SMILES string of the molecule is COc1ccc(CC(=O)N2CCC[C@@H]2c2cnn(C)c2)cc1. The molecule has 5 heteroatoms. The summed E-state index contributed by atoms with van der Waals surface area (Å²) in [6.45, 7) is 0.828. The van der Waals surface area contributed by atoms with Crippen molar-refractivity contribution < 1.29 is 9.53 Å². The van der Waals surface area contributed by atoms with Crippen molar-refractivity contribution in [3.8, 4) is 5.75 Å². The van der Waals surface area contributed by atoms with E-state index in [1.807, 2.05) is 48.6 Å². The van der Waals surface area contributed by atoms with Crippen LogP contribution in [0.2, 0.25) is 0 Å². The Balaban J connectivity index is 1.70. The van der Waals surface area contributed by atoms with Crippen LogP contribution in [-0.4, -0.2) is 34.2 Å². The maximum atomic E-state index is 12.6. The van der Waals surface area contributed by atoms with Crippen molar-refractivity contribution >= 4 is 5.91 Å². The first-order valence-electron chi connectivity index (χ1n) is 7.58. The Hall–Kier alpha value is -2.30. The first-order chi connectivity index (χ1) is 10.7. The van der Waals surface area contributed by atoms with Gasteiger partial charge in [-0.1, -0.05) is 12.1 Å². The van der Waals surface area contributed by atoms with Crippen LogP contribution in [0, 0.1) is 0 Å². The molecule has 0 spiro atoms. The molecule has 2 heterocycles. The number of carbonyl (C=O) groups excluding carboxylic acids is 1. The number of rotatable bonds is 4. The molecule has 1 aliphatic rings. The number of benzene rings is 1. The second-order valence-corrected chi connectivity index (χ2v) is 5.72. The predicted molar refractivity (Wildman–Crippen MR) is 83.6 cm³/mol. The fraction of sp³-hybridized carbons (Fsp3) is 0.412. The van der Waals surface area contributed by atoms with Crippen molar-refractivity contribution in [1.29, 1.82) is 0 Å². The van der Waals surface area contributed by atoms with Gasteiger partial charge in [0.25, 0.3) is 0 Å². The van der Waals surface area contributed by atoms with Crippen LogP contribution in [0.4, 0.5) is 0 Å². The van der Waals surface area contributed by atoms with Gasteiger partial charge < -0.3 is 9.64 Å². The van der Waals surface area contributed by atoms with Crippen molar-refractivity contribution in [1.82, 2.24) is 14.7 Å². The highest BCUT2D eigenvalue weighted by atomic mass is 16.5. The molecule has 0 saturated carbocycles. The van der Waals surface area contributed by atoms with Crippen molar-refractivity contribution in [2.45, 2.75) is 25.3 Å². The van der Waals surface area contributed by atoms with E-state index in [9.17, 15) is 4.79 Å². The summed E-state index contributed by atoms with van der Waals surface area (Å²) in [5, 5.41) is 4.22. The second-order valence-electron chi connectivity index (χ2n) is 5.72. The van der Waals surface area contributed by atoms with E-state index in [-0.39, 0.29) is 11.9 Å². The predicted octanol–water partition coefficient (Wildman–Crippen LogP) is 2.33. The summed E-state index contributed by atoms with van der Waals surface area (Å²) < 4.78 is 6.94. The molecule has 0 radical (unpaired) electrons. The summed E-state index contributed by atoms with van der Waals surface area (Å²) in [5.41, 5.74) is 2.14. The first-order valence-corrected chi connectivity index (χ1v) is 7.58. The van der Waals surface area contributed by atoms with E-state index in [2.05, 4.69) is 5.10 Å². The minimum atomic E-state index is 0.166. The molecule has 0 unspecified atom stereocenters. The minimum absolute atomic E-state index is 0.166. The monoisotopic (exact) mass is 299 g/mol.